The standard InChI is InChI=1S/C20H20F4N2O2/c1-18(2)9-19(7-13(8-25-3)16(18)27)10-26(11-19)17(28)12-4-5-14(15(21)6-12)20(22,23)24/h4-7H,3,8-11H2,1-2H3. The number of alkyl halides is 3. The molecule has 0 atom stereocenters. The normalized spacial score (nSPS) is 20.6. The van der Waals surface area contributed by atoms with Crippen molar-refractivity contribution < 1.29 is 27.2 Å². The van der Waals surface area contributed by atoms with E-state index in [0.29, 0.717) is 37.2 Å². The highest BCUT2D eigenvalue weighted by atomic mass is 19.4. The van der Waals surface area contributed by atoms with Gasteiger partial charge in [0.25, 0.3) is 5.91 Å². The molecule has 0 aromatic heterocycles. The molecule has 1 heterocycles. The first kappa shape index (κ1) is 20.2. The fourth-order valence-electron chi connectivity index (χ4n) is 4.24. The van der Waals surface area contributed by atoms with Crippen LogP contribution in [0.25, 0.3) is 0 Å². The SMILES string of the molecule is C=NCC1=CC2(CN(C(=O)c3ccc(C(F)(F)F)c(F)c3)C2)CC(C)(C)C1=O. The monoisotopic (exact) mass is 396 g/mol. The zero-order chi connectivity index (χ0) is 20.9. The van der Waals surface area contributed by atoms with E-state index in [1.54, 1.807) is 0 Å². The van der Waals surface area contributed by atoms with E-state index in [1.165, 1.54) is 4.90 Å². The highest BCUT2D eigenvalue weighted by molar-refractivity contribution is 6.01. The second kappa shape index (κ2) is 6.53. The van der Waals surface area contributed by atoms with Crippen molar-refractivity contribution in [2.45, 2.75) is 26.4 Å². The summed E-state index contributed by atoms with van der Waals surface area (Å²) in [5.41, 5.74) is -1.98. The molecule has 1 aliphatic heterocycles. The molecule has 1 amide bonds. The van der Waals surface area contributed by atoms with Gasteiger partial charge in [-0.05, 0) is 31.3 Å². The van der Waals surface area contributed by atoms with Gasteiger partial charge < -0.3 is 4.90 Å². The lowest BCUT2D eigenvalue weighted by Gasteiger charge is -2.53. The van der Waals surface area contributed by atoms with E-state index in [9.17, 15) is 27.2 Å². The fraction of sp³-hybridized carbons (Fsp3) is 0.450. The quantitative estimate of drug-likeness (QED) is 0.575. The Morgan fingerprint density at radius 1 is 1.29 bits per heavy atom. The highest BCUT2D eigenvalue weighted by Gasteiger charge is 2.52. The van der Waals surface area contributed by atoms with Crippen molar-refractivity contribution in [2.75, 3.05) is 19.6 Å². The summed E-state index contributed by atoms with van der Waals surface area (Å²) in [5, 5.41) is 0. The molecule has 0 N–H and O–H groups in total. The van der Waals surface area contributed by atoms with Crippen molar-refractivity contribution in [3.05, 3.63) is 46.8 Å². The number of nitrogens with zero attached hydrogens (tertiary/aromatic N) is 2. The predicted octanol–water partition coefficient (Wildman–Crippen LogP) is 3.91. The minimum Gasteiger partial charge on any atom is -0.337 e. The molecule has 0 saturated carbocycles. The molecule has 0 bridgehead atoms. The Bertz CT molecular complexity index is 881. The Morgan fingerprint density at radius 3 is 2.46 bits per heavy atom. The fourth-order valence-corrected chi connectivity index (χ4v) is 4.24. The molecule has 1 spiro atoms. The number of carbonyl (C=O) groups excluding carboxylic acids is 2. The molecule has 0 radical (unpaired) electrons. The molecule has 28 heavy (non-hydrogen) atoms. The third kappa shape index (κ3) is 3.47. The van der Waals surface area contributed by atoms with Crippen LogP contribution < -0.4 is 0 Å². The van der Waals surface area contributed by atoms with Gasteiger partial charge in [0.15, 0.2) is 5.78 Å². The van der Waals surface area contributed by atoms with Crippen LogP contribution in [0.1, 0.15) is 36.2 Å². The molecular weight excluding hydrogens is 376 g/mol. The van der Waals surface area contributed by atoms with Crippen molar-refractivity contribution in [3.8, 4) is 0 Å². The van der Waals surface area contributed by atoms with Crippen molar-refractivity contribution >= 4 is 18.4 Å². The molecule has 1 fully saturated rings. The van der Waals surface area contributed by atoms with Crippen LogP contribution in [0.2, 0.25) is 0 Å². The minimum absolute atomic E-state index is 0.000104. The zero-order valence-electron chi connectivity index (χ0n) is 15.6. The molecule has 4 nitrogen and oxygen atoms in total. The van der Waals surface area contributed by atoms with Crippen LogP contribution in [-0.2, 0) is 11.0 Å². The van der Waals surface area contributed by atoms with Crippen LogP contribution in [0.5, 0.6) is 0 Å². The molecule has 150 valence electrons. The first-order chi connectivity index (χ1) is 12.9. The third-order valence-electron chi connectivity index (χ3n) is 5.28. The van der Waals surface area contributed by atoms with Gasteiger partial charge in [-0.15, -0.1) is 0 Å². The van der Waals surface area contributed by atoms with E-state index in [2.05, 4.69) is 11.7 Å². The Kier molecular flexibility index (Phi) is 4.72. The summed E-state index contributed by atoms with van der Waals surface area (Å²) in [6.07, 6.45) is -2.43. The number of rotatable bonds is 3. The Morgan fingerprint density at radius 2 is 1.93 bits per heavy atom. The highest BCUT2D eigenvalue weighted by Crippen LogP contribution is 2.48. The van der Waals surface area contributed by atoms with Crippen LogP contribution >= 0.6 is 0 Å². The topological polar surface area (TPSA) is 49.7 Å². The Balaban J connectivity index is 1.79. The lowest BCUT2D eigenvalue weighted by atomic mass is 9.61. The van der Waals surface area contributed by atoms with Gasteiger partial charge in [-0.2, -0.15) is 13.2 Å². The van der Waals surface area contributed by atoms with E-state index in [4.69, 9.17) is 0 Å². The van der Waals surface area contributed by atoms with Crippen LogP contribution in [0.4, 0.5) is 17.6 Å². The number of ketones is 1. The Hall–Kier alpha value is -2.51. The van der Waals surface area contributed by atoms with Gasteiger partial charge >= 0.3 is 6.18 Å². The molecular formula is C20H20F4N2O2. The van der Waals surface area contributed by atoms with Crippen molar-refractivity contribution in [1.82, 2.24) is 4.90 Å². The van der Waals surface area contributed by atoms with Crippen molar-refractivity contribution in [3.63, 3.8) is 0 Å². The second-order valence-electron chi connectivity index (χ2n) is 8.16. The number of likely N-dealkylation sites (tertiary alicyclic amines) is 1. The summed E-state index contributed by atoms with van der Waals surface area (Å²) >= 11 is 0. The van der Waals surface area contributed by atoms with Crippen molar-refractivity contribution in [2.24, 2.45) is 15.8 Å². The number of halogens is 4. The lowest BCUT2D eigenvalue weighted by Crippen LogP contribution is -2.61. The number of carbonyl (C=O) groups is 2. The van der Waals surface area contributed by atoms with Gasteiger partial charge in [0.05, 0.1) is 12.1 Å². The number of Topliss-reactive ketones (excluding diaryl/α,β-unsaturated/α-hetero) is 1. The summed E-state index contributed by atoms with van der Waals surface area (Å²) in [6.45, 7) is 7.91. The van der Waals surface area contributed by atoms with Crippen LogP contribution in [0.15, 0.2) is 34.8 Å². The van der Waals surface area contributed by atoms with Gasteiger partial charge in [0, 0.05) is 35.1 Å². The summed E-state index contributed by atoms with van der Waals surface area (Å²) in [4.78, 5) is 30.3. The average molecular weight is 396 g/mol. The van der Waals surface area contributed by atoms with Gasteiger partial charge in [-0.3, -0.25) is 14.6 Å². The first-order valence-electron chi connectivity index (χ1n) is 8.74. The minimum atomic E-state index is -4.81. The molecule has 1 aromatic rings. The molecule has 2 aliphatic rings. The van der Waals surface area contributed by atoms with Gasteiger partial charge in [-0.1, -0.05) is 19.9 Å². The first-order valence-corrected chi connectivity index (χ1v) is 8.74. The number of aliphatic imine (C=N–C) groups is 1. The predicted molar refractivity (Wildman–Crippen MR) is 95.6 cm³/mol. The number of hydrogen-bond acceptors (Lipinski definition) is 3. The lowest BCUT2D eigenvalue weighted by molar-refractivity contribution is -0.140. The third-order valence-corrected chi connectivity index (χ3v) is 5.28. The molecule has 8 heteroatoms. The van der Waals surface area contributed by atoms with E-state index < -0.39 is 34.3 Å². The largest absolute Gasteiger partial charge is 0.419 e. The molecule has 1 aromatic carbocycles. The summed E-state index contributed by atoms with van der Waals surface area (Å²) in [6, 6.07) is 2.18. The maximum atomic E-state index is 13.8. The van der Waals surface area contributed by atoms with Crippen molar-refractivity contribution in [1.29, 1.82) is 0 Å². The number of hydrogen-bond donors (Lipinski definition) is 0. The molecule has 0 unspecified atom stereocenters. The number of amides is 1. The molecule has 3 rings (SSSR count). The van der Waals surface area contributed by atoms with Gasteiger partial charge in [-0.25, -0.2) is 4.39 Å². The average Bonchev–Trinajstić information content (AvgIpc) is 2.54. The molecule has 1 saturated heterocycles. The summed E-state index contributed by atoms with van der Waals surface area (Å²) in [5.74, 6) is -2.01. The Labute approximate surface area is 159 Å². The second-order valence-corrected chi connectivity index (χ2v) is 8.16. The maximum Gasteiger partial charge on any atom is 0.419 e. The zero-order valence-corrected chi connectivity index (χ0v) is 15.6. The number of benzene rings is 1. The summed E-state index contributed by atoms with van der Waals surface area (Å²) in [7, 11) is 0. The van der Waals surface area contributed by atoms with Gasteiger partial charge in [0.1, 0.15) is 5.82 Å². The van der Waals surface area contributed by atoms with E-state index >= 15 is 0 Å². The van der Waals surface area contributed by atoms with E-state index in [-0.39, 0.29) is 17.9 Å². The summed E-state index contributed by atoms with van der Waals surface area (Å²) < 4.78 is 51.8. The maximum absolute atomic E-state index is 13.8. The van der Waals surface area contributed by atoms with Gasteiger partial charge in [0.2, 0.25) is 0 Å². The van der Waals surface area contributed by atoms with Crippen LogP contribution in [-0.4, -0.2) is 42.9 Å². The smallest absolute Gasteiger partial charge is 0.337 e. The van der Waals surface area contributed by atoms with Crippen LogP contribution in [0, 0.1) is 16.6 Å². The van der Waals surface area contributed by atoms with E-state index in [0.717, 1.165) is 6.07 Å². The van der Waals surface area contributed by atoms with Crippen LogP contribution in [0.3, 0.4) is 0 Å². The molecule has 1 aliphatic carbocycles. The van der Waals surface area contributed by atoms with E-state index in [1.807, 2.05) is 19.9 Å².